The van der Waals surface area contributed by atoms with Gasteiger partial charge >= 0.3 is 0 Å². The summed E-state index contributed by atoms with van der Waals surface area (Å²) in [5, 5.41) is 2.68. The Morgan fingerprint density at radius 3 is 2.88 bits per heavy atom. The summed E-state index contributed by atoms with van der Waals surface area (Å²) in [5.74, 6) is 2.67. The molecule has 0 N–H and O–H groups in total. The van der Waals surface area contributed by atoms with Crippen LogP contribution in [-0.4, -0.2) is 27.8 Å². The maximum absolute atomic E-state index is 12.2. The molecule has 0 aromatic carbocycles. The van der Waals surface area contributed by atoms with Crippen molar-refractivity contribution in [2.75, 3.05) is 11.5 Å². The molecule has 0 amide bonds. The van der Waals surface area contributed by atoms with Crippen molar-refractivity contribution in [3.05, 3.63) is 20.8 Å². The molecule has 0 spiro atoms. The number of carbonyl (C=O) groups is 1. The molecule has 16 heavy (non-hydrogen) atoms. The van der Waals surface area contributed by atoms with E-state index in [9.17, 15) is 4.79 Å². The number of ketones is 1. The summed E-state index contributed by atoms with van der Waals surface area (Å²) in [4.78, 5) is 13.3. The number of thiophene rings is 1. The SMILES string of the molecule is CC1SCCSC1C(=O)Cc1sccc1Br. The minimum Gasteiger partial charge on any atom is -0.298 e. The van der Waals surface area contributed by atoms with Crippen molar-refractivity contribution < 1.29 is 4.79 Å². The van der Waals surface area contributed by atoms with Gasteiger partial charge in [-0.25, -0.2) is 0 Å². The molecule has 1 aromatic rings. The van der Waals surface area contributed by atoms with Gasteiger partial charge in [0.2, 0.25) is 0 Å². The molecule has 0 saturated carbocycles. The summed E-state index contributed by atoms with van der Waals surface area (Å²) in [5.41, 5.74) is 0. The van der Waals surface area contributed by atoms with Crippen LogP contribution in [0.1, 0.15) is 11.8 Å². The van der Waals surface area contributed by atoms with Crippen molar-refractivity contribution in [2.24, 2.45) is 0 Å². The predicted molar refractivity (Wildman–Crippen MR) is 78.9 cm³/mol. The fourth-order valence-corrected chi connectivity index (χ4v) is 5.93. The van der Waals surface area contributed by atoms with E-state index in [0.717, 1.165) is 15.1 Å². The Bertz CT molecular complexity index is 377. The van der Waals surface area contributed by atoms with Gasteiger partial charge in [-0.2, -0.15) is 11.8 Å². The summed E-state index contributed by atoms with van der Waals surface area (Å²) >= 11 is 8.89. The van der Waals surface area contributed by atoms with Crippen molar-refractivity contribution in [2.45, 2.75) is 23.8 Å². The minimum absolute atomic E-state index is 0.188. The van der Waals surface area contributed by atoms with Gasteiger partial charge in [0.25, 0.3) is 0 Å². The zero-order valence-electron chi connectivity index (χ0n) is 8.94. The fourth-order valence-electron chi connectivity index (χ4n) is 1.70. The molecule has 5 heteroatoms. The molecule has 88 valence electrons. The predicted octanol–water partition coefficient (Wildman–Crippen LogP) is 3.86. The van der Waals surface area contributed by atoms with Crippen LogP contribution in [0.5, 0.6) is 0 Å². The van der Waals surface area contributed by atoms with Crippen LogP contribution in [0.15, 0.2) is 15.9 Å². The van der Waals surface area contributed by atoms with Gasteiger partial charge in [-0.05, 0) is 27.4 Å². The van der Waals surface area contributed by atoms with Gasteiger partial charge in [-0.1, -0.05) is 6.92 Å². The number of halogens is 1. The molecule has 1 aromatic heterocycles. The lowest BCUT2D eigenvalue weighted by molar-refractivity contribution is -0.117. The largest absolute Gasteiger partial charge is 0.298 e. The summed E-state index contributed by atoms with van der Waals surface area (Å²) in [6.07, 6.45) is 0.584. The molecule has 2 atom stereocenters. The highest BCUT2D eigenvalue weighted by molar-refractivity contribution is 9.10. The standard InChI is InChI=1S/C11H13BrOS3/c1-7-11(16-5-4-14-7)9(13)6-10-8(12)2-3-15-10/h2-3,7,11H,4-6H2,1H3. The average molecular weight is 337 g/mol. The lowest BCUT2D eigenvalue weighted by atomic mass is 10.1. The second-order valence-corrected chi connectivity index (χ2v) is 8.29. The van der Waals surface area contributed by atoms with E-state index >= 15 is 0 Å². The molecule has 0 radical (unpaired) electrons. The Hall–Kier alpha value is 0.550. The van der Waals surface area contributed by atoms with E-state index in [2.05, 4.69) is 22.9 Å². The maximum Gasteiger partial charge on any atom is 0.152 e. The second kappa shape index (κ2) is 5.94. The first-order valence-corrected chi connectivity index (χ1v) is 8.93. The minimum atomic E-state index is 0.188. The topological polar surface area (TPSA) is 17.1 Å². The Labute approximate surface area is 117 Å². The van der Waals surface area contributed by atoms with Gasteiger partial charge in [0, 0.05) is 32.5 Å². The van der Waals surface area contributed by atoms with Crippen LogP contribution in [-0.2, 0) is 11.2 Å². The van der Waals surface area contributed by atoms with E-state index in [-0.39, 0.29) is 5.25 Å². The van der Waals surface area contributed by atoms with Crippen LogP contribution in [0.25, 0.3) is 0 Å². The summed E-state index contributed by atoms with van der Waals surface area (Å²) in [6, 6.07) is 2.01. The van der Waals surface area contributed by atoms with E-state index in [1.54, 1.807) is 11.3 Å². The van der Waals surface area contributed by atoms with E-state index < -0.39 is 0 Å². The molecule has 1 saturated heterocycles. The molecule has 1 aliphatic heterocycles. The smallest absolute Gasteiger partial charge is 0.152 e. The number of Topliss-reactive ketones (excluding diaryl/α,β-unsaturated/α-hetero) is 1. The molecule has 2 heterocycles. The van der Waals surface area contributed by atoms with Crippen molar-refractivity contribution in [3.63, 3.8) is 0 Å². The monoisotopic (exact) mass is 336 g/mol. The van der Waals surface area contributed by atoms with E-state index in [1.165, 1.54) is 5.75 Å². The zero-order chi connectivity index (χ0) is 11.5. The van der Waals surface area contributed by atoms with Crippen LogP contribution in [0.2, 0.25) is 0 Å². The highest BCUT2D eigenvalue weighted by Crippen LogP contribution is 2.33. The van der Waals surface area contributed by atoms with Crippen molar-refractivity contribution in [1.29, 1.82) is 0 Å². The molecular formula is C11H13BrOS3. The highest BCUT2D eigenvalue weighted by Gasteiger charge is 2.29. The third kappa shape index (κ3) is 3.06. The fraction of sp³-hybridized carbons (Fsp3) is 0.545. The van der Waals surface area contributed by atoms with Crippen molar-refractivity contribution in [3.8, 4) is 0 Å². The number of carbonyl (C=O) groups excluding carboxylic acids is 1. The highest BCUT2D eigenvalue weighted by atomic mass is 79.9. The van der Waals surface area contributed by atoms with Crippen LogP contribution in [0.3, 0.4) is 0 Å². The number of hydrogen-bond donors (Lipinski definition) is 0. The summed E-state index contributed by atoms with van der Waals surface area (Å²) < 4.78 is 1.08. The molecule has 0 bridgehead atoms. The molecule has 2 rings (SSSR count). The van der Waals surface area contributed by atoms with E-state index in [4.69, 9.17) is 0 Å². The van der Waals surface area contributed by atoms with Gasteiger partial charge in [0.15, 0.2) is 5.78 Å². The Kier molecular flexibility index (Phi) is 4.82. The Morgan fingerprint density at radius 2 is 2.25 bits per heavy atom. The van der Waals surface area contributed by atoms with Gasteiger partial charge < -0.3 is 0 Å². The number of thioether (sulfide) groups is 2. The van der Waals surface area contributed by atoms with Crippen LogP contribution in [0, 0.1) is 0 Å². The number of hydrogen-bond acceptors (Lipinski definition) is 4. The molecule has 1 aliphatic rings. The maximum atomic E-state index is 12.2. The van der Waals surface area contributed by atoms with Crippen LogP contribution in [0.4, 0.5) is 0 Å². The number of rotatable bonds is 3. The first-order valence-electron chi connectivity index (χ1n) is 5.16. The second-order valence-electron chi connectivity index (χ2n) is 3.70. The van der Waals surface area contributed by atoms with Crippen molar-refractivity contribution in [1.82, 2.24) is 0 Å². The quantitative estimate of drug-likeness (QED) is 0.834. The third-order valence-corrected chi connectivity index (χ3v) is 7.60. The van der Waals surface area contributed by atoms with Gasteiger partial charge in [0.05, 0.1) is 5.25 Å². The van der Waals surface area contributed by atoms with Gasteiger partial charge in [0.1, 0.15) is 0 Å². The summed E-state index contributed by atoms with van der Waals surface area (Å²) in [6.45, 7) is 2.17. The Balaban J connectivity index is 2.00. The first-order chi connectivity index (χ1) is 7.68. The van der Waals surface area contributed by atoms with E-state index in [1.807, 2.05) is 35.0 Å². The van der Waals surface area contributed by atoms with Gasteiger partial charge in [-0.15, -0.1) is 23.1 Å². The lowest BCUT2D eigenvalue weighted by Gasteiger charge is -2.26. The van der Waals surface area contributed by atoms with Crippen LogP contribution >= 0.6 is 50.8 Å². The molecule has 1 fully saturated rings. The van der Waals surface area contributed by atoms with E-state index in [0.29, 0.717) is 17.5 Å². The normalized spacial score (nSPS) is 25.6. The third-order valence-electron chi connectivity index (χ3n) is 2.53. The lowest BCUT2D eigenvalue weighted by Crippen LogP contribution is -2.32. The van der Waals surface area contributed by atoms with Crippen molar-refractivity contribution >= 4 is 56.6 Å². The zero-order valence-corrected chi connectivity index (χ0v) is 13.0. The molecular weight excluding hydrogens is 324 g/mol. The van der Waals surface area contributed by atoms with Gasteiger partial charge in [-0.3, -0.25) is 4.79 Å². The summed E-state index contributed by atoms with van der Waals surface area (Å²) in [7, 11) is 0. The molecule has 1 nitrogen and oxygen atoms in total. The van der Waals surface area contributed by atoms with Crippen LogP contribution < -0.4 is 0 Å². The Morgan fingerprint density at radius 1 is 1.50 bits per heavy atom. The molecule has 2 unspecified atom stereocenters. The average Bonchev–Trinajstić information content (AvgIpc) is 2.65. The first kappa shape index (κ1) is 13.0. The molecule has 0 aliphatic carbocycles.